The summed E-state index contributed by atoms with van der Waals surface area (Å²) in [5.41, 5.74) is 1.48. The predicted molar refractivity (Wildman–Crippen MR) is 92.5 cm³/mol. The van der Waals surface area contributed by atoms with E-state index < -0.39 is 5.82 Å². The van der Waals surface area contributed by atoms with E-state index >= 15 is 0 Å². The van der Waals surface area contributed by atoms with Gasteiger partial charge >= 0.3 is 0 Å². The van der Waals surface area contributed by atoms with Gasteiger partial charge in [0.1, 0.15) is 11.6 Å². The first-order chi connectivity index (χ1) is 10.1. The van der Waals surface area contributed by atoms with E-state index in [2.05, 4.69) is 9.55 Å². The number of imidazole rings is 1. The molecule has 2 heterocycles. The summed E-state index contributed by atoms with van der Waals surface area (Å²) in [7, 11) is 0. The van der Waals surface area contributed by atoms with Gasteiger partial charge < -0.3 is 4.57 Å². The van der Waals surface area contributed by atoms with Crippen LogP contribution in [-0.4, -0.2) is 32.1 Å². The van der Waals surface area contributed by atoms with Crippen molar-refractivity contribution < 1.29 is 4.39 Å². The Morgan fingerprint density at radius 2 is 2.29 bits per heavy atom. The molecule has 2 aromatic rings. The topological polar surface area (TPSA) is 17.8 Å². The molecule has 7 heteroatoms. The van der Waals surface area contributed by atoms with Crippen LogP contribution in [-0.2, 0) is 6.54 Å². The SMILES string of the molecule is CC(Cl)c1nc2cc(Cl)c(F)cc2n1CC1CSCCS1. The van der Waals surface area contributed by atoms with Crippen molar-refractivity contribution in [2.75, 3.05) is 17.3 Å². The van der Waals surface area contributed by atoms with Crippen LogP contribution in [0.15, 0.2) is 12.1 Å². The number of fused-ring (bicyclic) bond motifs is 1. The Bertz CT molecular complexity index is 654. The number of rotatable bonds is 3. The first-order valence-corrected chi connectivity index (χ1v) is 9.76. The quantitative estimate of drug-likeness (QED) is 0.715. The summed E-state index contributed by atoms with van der Waals surface area (Å²) in [6.07, 6.45) is 0. The molecule has 1 aromatic carbocycles. The molecule has 114 valence electrons. The van der Waals surface area contributed by atoms with Gasteiger partial charge in [0.15, 0.2) is 0 Å². The molecule has 0 N–H and O–H groups in total. The highest BCUT2D eigenvalue weighted by Crippen LogP contribution is 2.31. The molecule has 2 nitrogen and oxygen atoms in total. The highest BCUT2D eigenvalue weighted by molar-refractivity contribution is 8.06. The summed E-state index contributed by atoms with van der Waals surface area (Å²) in [4.78, 5) is 4.54. The fraction of sp³-hybridized carbons (Fsp3) is 0.500. The third-order valence-corrected chi connectivity index (χ3v) is 6.76. The molecular formula is C14H15Cl2FN2S2. The van der Waals surface area contributed by atoms with Crippen LogP contribution in [0.1, 0.15) is 18.1 Å². The Kier molecular flexibility index (Phi) is 4.94. The van der Waals surface area contributed by atoms with Crippen molar-refractivity contribution >= 4 is 57.8 Å². The van der Waals surface area contributed by atoms with Crippen molar-refractivity contribution in [3.05, 3.63) is 28.8 Å². The van der Waals surface area contributed by atoms with Crippen LogP contribution in [0.4, 0.5) is 4.39 Å². The molecule has 1 aromatic heterocycles. The largest absolute Gasteiger partial charge is 0.326 e. The smallest absolute Gasteiger partial charge is 0.144 e. The van der Waals surface area contributed by atoms with Gasteiger partial charge in [-0.15, -0.1) is 11.6 Å². The van der Waals surface area contributed by atoms with E-state index in [0.29, 0.717) is 10.8 Å². The van der Waals surface area contributed by atoms with Crippen molar-refractivity contribution in [2.24, 2.45) is 0 Å². The average molecular weight is 365 g/mol. The van der Waals surface area contributed by atoms with E-state index in [1.807, 2.05) is 30.4 Å². The van der Waals surface area contributed by atoms with Crippen LogP contribution in [0.2, 0.25) is 5.02 Å². The van der Waals surface area contributed by atoms with Gasteiger partial charge in [-0.3, -0.25) is 0 Å². The Hall–Kier alpha value is -0.100. The van der Waals surface area contributed by atoms with Gasteiger partial charge in [0, 0.05) is 35.1 Å². The van der Waals surface area contributed by atoms with Gasteiger partial charge in [-0.1, -0.05) is 11.6 Å². The Morgan fingerprint density at radius 1 is 1.48 bits per heavy atom. The third kappa shape index (κ3) is 3.31. The summed E-state index contributed by atoms with van der Waals surface area (Å²) < 4.78 is 15.9. The Labute approximate surface area is 141 Å². The van der Waals surface area contributed by atoms with E-state index in [1.165, 1.54) is 11.8 Å². The van der Waals surface area contributed by atoms with E-state index in [1.54, 1.807) is 6.07 Å². The van der Waals surface area contributed by atoms with Crippen LogP contribution in [0.25, 0.3) is 11.0 Å². The van der Waals surface area contributed by atoms with Crippen LogP contribution in [0.3, 0.4) is 0 Å². The second-order valence-corrected chi connectivity index (χ2v) is 8.64. The van der Waals surface area contributed by atoms with E-state index in [4.69, 9.17) is 23.2 Å². The van der Waals surface area contributed by atoms with E-state index in [9.17, 15) is 4.39 Å². The second kappa shape index (κ2) is 6.57. The summed E-state index contributed by atoms with van der Waals surface area (Å²) in [5, 5.41) is 0.387. The first kappa shape index (κ1) is 15.8. The summed E-state index contributed by atoms with van der Waals surface area (Å²) in [5.74, 6) is 3.84. The van der Waals surface area contributed by atoms with Gasteiger partial charge in [0.2, 0.25) is 0 Å². The molecule has 1 aliphatic heterocycles. The minimum absolute atomic E-state index is 0.100. The van der Waals surface area contributed by atoms with Crippen LogP contribution in [0, 0.1) is 5.82 Å². The monoisotopic (exact) mass is 364 g/mol. The summed E-state index contributed by atoms with van der Waals surface area (Å²) >= 11 is 16.0. The maximum Gasteiger partial charge on any atom is 0.144 e. The highest BCUT2D eigenvalue weighted by Gasteiger charge is 2.21. The third-order valence-electron chi connectivity index (χ3n) is 3.45. The predicted octanol–water partition coefficient (Wildman–Crippen LogP) is 4.98. The van der Waals surface area contributed by atoms with Crippen molar-refractivity contribution in [1.29, 1.82) is 0 Å². The second-order valence-electron chi connectivity index (χ2n) is 5.02. The molecule has 1 saturated heterocycles. The molecule has 2 atom stereocenters. The molecule has 2 unspecified atom stereocenters. The molecule has 0 spiro atoms. The normalized spacial score (nSPS) is 20.9. The lowest BCUT2D eigenvalue weighted by atomic mass is 10.3. The fourth-order valence-electron chi connectivity index (χ4n) is 2.48. The van der Waals surface area contributed by atoms with Crippen LogP contribution < -0.4 is 0 Å². The van der Waals surface area contributed by atoms with Gasteiger partial charge in [-0.2, -0.15) is 23.5 Å². The maximum absolute atomic E-state index is 13.8. The molecular weight excluding hydrogens is 350 g/mol. The Morgan fingerprint density at radius 3 is 2.95 bits per heavy atom. The number of benzene rings is 1. The van der Waals surface area contributed by atoms with Gasteiger partial charge in [-0.05, 0) is 13.0 Å². The van der Waals surface area contributed by atoms with Gasteiger partial charge in [0.25, 0.3) is 0 Å². The molecule has 1 fully saturated rings. The molecule has 0 saturated carbocycles. The number of hydrogen-bond donors (Lipinski definition) is 0. The van der Waals surface area contributed by atoms with Gasteiger partial charge in [0.05, 0.1) is 21.4 Å². The zero-order chi connectivity index (χ0) is 15.0. The molecule has 0 aliphatic carbocycles. The molecule has 21 heavy (non-hydrogen) atoms. The molecule has 0 bridgehead atoms. The summed E-state index contributed by atoms with van der Waals surface area (Å²) in [6, 6.07) is 3.04. The van der Waals surface area contributed by atoms with Crippen LogP contribution in [0.5, 0.6) is 0 Å². The maximum atomic E-state index is 13.8. The lowest BCUT2D eigenvalue weighted by molar-refractivity contribution is 0.626. The van der Waals surface area contributed by atoms with E-state index in [-0.39, 0.29) is 10.4 Å². The van der Waals surface area contributed by atoms with Crippen molar-refractivity contribution in [3.8, 4) is 0 Å². The van der Waals surface area contributed by atoms with Crippen molar-refractivity contribution in [1.82, 2.24) is 9.55 Å². The number of thioether (sulfide) groups is 2. The lowest BCUT2D eigenvalue weighted by Gasteiger charge is -2.23. The fourth-order valence-corrected chi connectivity index (χ4v) is 5.46. The first-order valence-electron chi connectivity index (χ1n) is 6.75. The number of halogens is 3. The average Bonchev–Trinajstić information content (AvgIpc) is 2.79. The number of aromatic nitrogens is 2. The van der Waals surface area contributed by atoms with Gasteiger partial charge in [-0.25, -0.2) is 9.37 Å². The van der Waals surface area contributed by atoms with Crippen molar-refractivity contribution in [2.45, 2.75) is 24.1 Å². The number of nitrogens with zero attached hydrogens (tertiary/aromatic N) is 2. The van der Waals surface area contributed by atoms with Crippen LogP contribution >= 0.6 is 46.7 Å². The standard InChI is InChI=1S/C14H15Cl2FN2S2/c1-8(15)14-18-12-4-10(16)11(17)5-13(12)19(14)6-9-7-20-2-3-21-9/h4-5,8-9H,2-3,6-7H2,1H3. The number of alkyl halides is 1. The van der Waals surface area contributed by atoms with Crippen molar-refractivity contribution in [3.63, 3.8) is 0 Å². The van der Waals surface area contributed by atoms with E-state index in [0.717, 1.165) is 29.4 Å². The number of hydrogen-bond acceptors (Lipinski definition) is 3. The highest BCUT2D eigenvalue weighted by atomic mass is 35.5. The lowest BCUT2D eigenvalue weighted by Crippen LogP contribution is -2.21. The zero-order valence-electron chi connectivity index (χ0n) is 11.5. The molecule has 0 amide bonds. The molecule has 0 radical (unpaired) electrons. The Balaban J connectivity index is 2.04. The minimum atomic E-state index is -0.412. The minimum Gasteiger partial charge on any atom is -0.326 e. The summed E-state index contributed by atoms with van der Waals surface area (Å²) in [6.45, 7) is 2.70. The molecule has 3 rings (SSSR count). The molecule has 1 aliphatic rings. The zero-order valence-corrected chi connectivity index (χ0v) is 14.6.